The van der Waals surface area contributed by atoms with E-state index in [-0.39, 0.29) is 5.56 Å². The Hall–Kier alpha value is -3.47. The molecule has 0 spiro atoms. The summed E-state index contributed by atoms with van der Waals surface area (Å²) in [5.74, 6) is 0.0294. The van der Waals surface area contributed by atoms with Crippen LogP contribution in [0.5, 0.6) is 0 Å². The van der Waals surface area contributed by atoms with E-state index in [4.69, 9.17) is 0 Å². The SMILES string of the molecule is O=C(NCCCc1ncc2ccccn12)c1cc(-c2ccccc2)ccc1F. The third-order valence-electron chi connectivity index (χ3n) is 4.70. The molecule has 2 aromatic heterocycles. The monoisotopic (exact) mass is 373 g/mol. The van der Waals surface area contributed by atoms with Crippen LogP contribution in [0.2, 0.25) is 0 Å². The molecule has 4 aromatic rings. The highest BCUT2D eigenvalue weighted by Gasteiger charge is 2.13. The van der Waals surface area contributed by atoms with Crippen LogP contribution in [0.4, 0.5) is 4.39 Å². The van der Waals surface area contributed by atoms with Crippen molar-refractivity contribution in [2.24, 2.45) is 0 Å². The molecule has 28 heavy (non-hydrogen) atoms. The minimum Gasteiger partial charge on any atom is -0.352 e. The third-order valence-corrected chi connectivity index (χ3v) is 4.70. The normalized spacial score (nSPS) is 10.9. The zero-order valence-electron chi connectivity index (χ0n) is 15.3. The number of aryl methyl sites for hydroxylation is 1. The molecule has 1 N–H and O–H groups in total. The first-order valence-electron chi connectivity index (χ1n) is 9.26. The molecule has 2 aromatic carbocycles. The van der Waals surface area contributed by atoms with Crippen LogP contribution in [-0.4, -0.2) is 21.8 Å². The molecule has 4 rings (SSSR count). The first-order valence-corrected chi connectivity index (χ1v) is 9.26. The Kier molecular flexibility index (Phi) is 5.15. The van der Waals surface area contributed by atoms with E-state index in [9.17, 15) is 9.18 Å². The summed E-state index contributed by atoms with van der Waals surface area (Å²) in [4.78, 5) is 16.9. The zero-order valence-corrected chi connectivity index (χ0v) is 15.3. The highest BCUT2D eigenvalue weighted by Crippen LogP contribution is 2.22. The van der Waals surface area contributed by atoms with Gasteiger partial charge in [0.15, 0.2) is 0 Å². The number of aromatic nitrogens is 2. The number of hydrogen-bond donors (Lipinski definition) is 1. The molecule has 0 bridgehead atoms. The van der Waals surface area contributed by atoms with Crippen LogP contribution in [0, 0.1) is 5.82 Å². The second-order valence-corrected chi connectivity index (χ2v) is 6.59. The summed E-state index contributed by atoms with van der Waals surface area (Å²) in [5, 5.41) is 2.81. The summed E-state index contributed by atoms with van der Waals surface area (Å²) in [5.41, 5.74) is 2.87. The predicted octanol–water partition coefficient (Wildman–Crippen LogP) is 4.50. The number of carbonyl (C=O) groups is 1. The first kappa shape index (κ1) is 17.9. The first-order chi connectivity index (χ1) is 13.7. The summed E-state index contributed by atoms with van der Waals surface area (Å²) in [6, 6.07) is 20.2. The quantitative estimate of drug-likeness (QED) is 0.506. The number of pyridine rings is 1. The van der Waals surface area contributed by atoms with Gasteiger partial charge in [0, 0.05) is 19.2 Å². The van der Waals surface area contributed by atoms with Crippen molar-refractivity contribution >= 4 is 11.4 Å². The van der Waals surface area contributed by atoms with Gasteiger partial charge in [-0.05, 0) is 41.8 Å². The Balaban J connectivity index is 1.38. The Morgan fingerprint density at radius 1 is 1.00 bits per heavy atom. The molecule has 1 amide bonds. The highest BCUT2D eigenvalue weighted by molar-refractivity contribution is 5.95. The van der Waals surface area contributed by atoms with Crippen molar-refractivity contribution in [2.45, 2.75) is 12.8 Å². The molecular formula is C23H20FN3O. The molecule has 0 aliphatic heterocycles. The molecule has 4 nitrogen and oxygen atoms in total. The Bertz CT molecular complexity index is 1110. The highest BCUT2D eigenvalue weighted by atomic mass is 19.1. The van der Waals surface area contributed by atoms with E-state index >= 15 is 0 Å². The molecule has 2 heterocycles. The van der Waals surface area contributed by atoms with Crippen LogP contribution >= 0.6 is 0 Å². The number of fused-ring (bicyclic) bond motifs is 1. The van der Waals surface area contributed by atoms with E-state index in [1.54, 1.807) is 12.1 Å². The predicted molar refractivity (Wildman–Crippen MR) is 108 cm³/mol. The van der Waals surface area contributed by atoms with E-state index in [0.717, 1.165) is 35.3 Å². The van der Waals surface area contributed by atoms with Gasteiger partial charge < -0.3 is 9.72 Å². The molecule has 5 heteroatoms. The van der Waals surface area contributed by atoms with Gasteiger partial charge in [0.2, 0.25) is 0 Å². The Labute approximate surface area is 162 Å². The van der Waals surface area contributed by atoms with Crippen LogP contribution in [0.1, 0.15) is 22.6 Å². The van der Waals surface area contributed by atoms with Gasteiger partial charge in [-0.2, -0.15) is 0 Å². The average Bonchev–Trinajstić information content (AvgIpc) is 3.15. The van der Waals surface area contributed by atoms with Crippen molar-refractivity contribution in [2.75, 3.05) is 6.54 Å². The number of nitrogens with zero attached hydrogens (tertiary/aromatic N) is 2. The van der Waals surface area contributed by atoms with Crippen molar-refractivity contribution < 1.29 is 9.18 Å². The van der Waals surface area contributed by atoms with Crippen molar-refractivity contribution in [1.82, 2.24) is 14.7 Å². The number of hydrogen-bond acceptors (Lipinski definition) is 2. The zero-order chi connectivity index (χ0) is 19.3. The van der Waals surface area contributed by atoms with E-state index in [1.165, 1.54) is 6.07 Å². The lowest BCUT2D eigenvalue weighted by Crippen LogP contribution is -2.26. The fourth-order valence-corrected chi connectivity index (χ4v) is 3.24. The lowest BCUT2D eigenvalue weighted by molar-refractivity contribution is 0.0949. The second kappa shape index (κ2) is 8.05. The number of carbonyl (C=O) groups excluding carboxylic acids is 1. The van der Waals surface area contributed by atoms with Crippen LogP contribution in [0.25, 0.3) is 16.6 Å². The third kappa shape index (κ3) is 3.78. The number of amides is 1. The van der Waals surface area contributed by atoms with Crippen molar-refractivity contribution in [3.8, 4) is 11.1 Å². The maximum absolute atomic E-state index is 14.2. The van der Waals surface area contributed by atoms with Gasteiger partial charge in [-0.25, -0.2) is 9.37 Å². The lowest BCUT2D eigenvalue weighted by Gasteiger charge is -2.08. The van der Waals surface area contributed by atoms with Gasteiger partial charge in [0.05, 0.1) is 17.3 Å². The maximum Gasteiger partial charge on any atom is 0.254 e. The van der Waals surface area contributed by atoms with Gasteiger partial charge in [-0.15, -0.1) is 0 Å². The molecule has 140 valence electrons. The number of imidazole rings is 1. The summed E-state index contributed by atoms with van der Waals surface area (Å²) in [6.07, 6.45) is 5.25. The molecule has 0 saturated carbocycles. The van der Waals surface area contributed by atoms with E-state index in [2.05, 4.69) is 10.3 Å². The molecule has 0 atom stereocenters. The largest absolute Gasteiger partial charge is 0.352 e. The van der Waals surface area contributed by atoms with E-state index in [1.807, 2.05) is 65.3 Å². The summed E-state index contributed by atoms with van der Waals surface area (Å²) >= 11 is 0. The molecule has 0 saturated heterocycles. The van der Waals surface area contributed by atoms with Crippen LogP contribution in [0.3, 0.4) is 0 Å². The molecular weight excluding hydrogens is 353 g/mol. The summed E-state index contributed by atoms with van der Waals surface area (Å²) < 4.78 is 16.2. The van der Waals surface area contributed by atoms with Crippen LogP contribution in [0.15, 0.2) is 79.1 Å². The molecule has 0 aliphatic rings. The lowest BCUT2D eigenvalue weighted by atomic mass is 10.0. The van der Waals surface area contributed by atoms with Crippen LogP contribution in [-0.2, 0) is 6.42 Å². The smallest absolute Gasteiger partial charge is 0.254 e. The topological polar surface area (TPSA) is 46.4 Å². The van der Waals surface area contributed by atoms with E-state index in [0.29, 0.717) is 6.54 Å². The average molecular weight is 373 g/mol. The number of rotatable bonds is 6. The van der Waals surface area contributed by atoms with Crippen LogP contribution < -0.4 is 5.32 Å². The van der Waals surface area contributed by atoms with Gasteiger partial charge >= 0.3 is 0 Å². The fraction of sp³-hybridized carbons (Fsp3) is 0.130. The van der Waals surface area contributed by atoms with Gasteiger partial charge in [0.1, 0.15) is 11.6 Å². The second-order valence-electron chi connectivity index (χ2n) is 6.59. The van der Waals surface area contributed by atoms with E-state index < -0.39 is 11.7 Å². The Morgan fingerprint density at radius 3 is 2.68 bits per heavy atom. The van der Waals surface area contributed by atoms with Gasteiger partial charge in [-0.1, -0.05) is 42.5 Å². The molecule has 0 unspecified atom stereocenters. The van der Waals surface area contributed by atoms with Crippen molar-refractivity contribution in [3.63, 3.8) is 0 Å². The number of benzene rings is 2. The minimum atomic E-state index is -0.517. The van der Waals surface area contributed by atoms with Crippen molar-refractivity contribution in [1.29, 1.82) is 0 Å². The number of nitrogens with one attached hydrogen (secondary N) is 1. The minimum absolute atomic E-state index is 0.0626. The molecule has 0 fully saturated rings. The molecule has 0 aliphatic carbocycles. The molecule has 0 radical (unpaired) electrons. The van der Waals surface area contributed by atoms with Gasteiger partial charge in [0.25, 0.3) is 5.91 Å². The standard InChI is InChI=1S/C23H20FN3O/c24-21-12-11-18(17-7-2-1-3-8-17)15-20(21)23(28)25-13-6-10-22-26-16-19-9-4-5-14-27(19)22/h1-5,7-9,11-12,14-16H,6,10,13H2,(H,25,28). The summed E-state index contributed by atoms with van der Waals surface area (Å²) in [7, 11) is 0. The fourth-order valence-electron chi connectivity index (χ4n) is 3.24. The summed E-state index contributed by atoms with van der Waals surface area (Å²) in [6.45, 7) is 0.454. The van der Waals surface area contributed by atoms with Gasteiger partial charge in [-0.3, -0.25) is 4.79 Å². The number of halogens is 1. The van der Waals surface area contributed by atoms with Crippen molar-refractivity contribution in [3.05, 3.63) is 96.3 Å². The maximum atomic E-state index is 14.2. The Morgan fingerprint density at radius 2 is 1.82 bits per heavy atom.